The van der Waals surface area contributed by atoms with E-state index < -0.39 is 17.2 Å². The molecule has 0 unspecified atom stereocenters. The minimum absolute atomic E-state index is 0.0892. The number of benzene rings is 1. The Balaban J connectivity index is 1.61. The third-order valence-electron chi connectivity index (χ3n) is 4.52. The van der Waals surface area contributed by atoms with Crippen LogP contribution in [-0.2, 0) is 25.4 Å². The van der Waals surface area contributed by atoms with Gasteiger partial charge in [0.1, 0.15) is 5.75 Å². The summed E-state index contributed by atoms with van der Waals surface area (Å²) in [4.78, 5) is 41.3. The maximum absolute atomic E-state index is 12.6. The second-order valence-electron chi connectivity index (χ2n) is 6.69. The first-order valence-electron chi connectivity index (χ1n) is 9.45. The lowest BCUT2D eigenvalue weighted by Gasteiger charge is -2.09. The smallest absolute Gasteiger partial charge is 0.338 e. The molecule has 0 aliphatic heterocycles. The number of nitrogens with zero attached hydrogens (tertiary/aromatic N) is 4. The van der Waals surface area contributed by atoms with Crippen molar-refractivity contribution in [1.29, 1.82) is 0 Å². The van der Waals surface area contributed by atoms with Crippen LogP contribution in [0.2, 0.25) is 0 Å². The largest absolute Gasteiger partial charge is 0.494 e. The zero-order valence-corrected chi connectivity index (χ0v) is 16.8. The first-order valence-corrected chi connectivity index (χ1v) is 9.45. The first-order chi connectivity index (χ1) is 13.9. The van der Waals surface area contributed by atoms with E-state index in [0.717, 1.165) is 11.0 Å². The maximum Gasteiger partial charge on any atom is 0.338 e. The molecule has 3 rings (SSSR count). The Morgan fingerprint density at radius 2 is 1.83 bits per heavy atom. The van der Waals surface area contributed by atoms with Gasteiger partial charge in [0.25, 0.3) is 5.56 Å². The zero-order valence-electron chi connectivity index (χ0n) is 16.8. The van der Waals surface area contributed by atoms with Crippen molar-refractivity contribution < 1.29 is 14.3 Å². The number of aryl methyl sites for hydroxylation is 2. The molecule has 9 heteroatoms. The van der Waals surface area contributed by atoms with Crippen LogP contribution in [0.3, 0.4) is 0 Å². The fourth-order valence-electron chi connectivity index (χ4n) is 2.97. The highest BCUT2D eigenvalue weighted by atomic mass is 16.5. The van der Waals surface area contributed by atoms with E-state index in [2.05, 4.69) is 4.98 Å². The Hall–Kier alpha value is -3.36. The van der Waals surface area contributed by atoms with Crippen LogP contribution in [0.15, 0.2) is 40.2 Å². The summed E-state index contributed by atoms with van der Waals surface area (Å²) in [6.07, 6.45) is 2.74. The van der Waals surface area contributed by atoms with Gasteiger partial charge < -0.3 is 14.0 Å². The lowest BCUT2D eigenvalue weighted by Crippen LogP contribution is -2.39. The van der Waals surface area contributed by atoms with Gasteiger partial charge in [0.2, 0.25) is 0 Å². The van der Waals surface area contributed by atoms with Crippen LogP contribution in [-0.4, -0.2) is 37.9 Å². The van der Waals surface area contributed by atoms with Crippen molar-refractivity contribution in [3.05, 3.63) is 57.0 Å². The van der Waals surface area contributed by atoms with Crippen molar-refractivity contribution >= 4 is 17.1 Å². The second kappa shape index (κ2) is 8.76. The molecule has 1 aromatic carbocycles. The van der Waals surface area contributed by atoms with Crippen LogP contribution in [0.1, 0.15) is 30.1 Å². The van der Waals surface area contributed by atoms with E-state index in [0.29, 0.717) is 35.5 Å². The Morgan fingerprint density at radius 3 is 2.52 bits per heavy atom. The molecular formula is C20H24N4O5. The lowest BCUT2D eigenvalue weighted by molar-refractivity contribution is 0.0495. The Kier molecular flexibility index (Phi) is 6.16. The molecule has 0 atom stereocenters. The zero-order chi connectivity index (χ0) is 21.0. The summed E-state index contributed by atoms with van der Waals surface area (Å²) in [5, 5.41) is 0. The van der Waals surface area contributed by atoms with E-state index in [4.69, 9.17) is 9.47 Å². The molecule has 3 aromatic rings. The van der Waals surface area contributed by atoms with E-state index in [-0.39, 0.29) is 13.2 Å². The molecule has 0 bridgehead atoms. The molecular weight excluding hydrogens is 376 g/mol. The van der Waals surface area contributed by atoms with Crippen molar-refractivity contribution in [2.45, 2.75) is 26.3 Å². The molecule has 2 aromatic heterocycles. The lowest BCUT2D eigenvalue weighted by atomic mass is 10.2. The molecule has 0 N–H and O–H groups in total. The van der Waals surface area contributed by atoms with Gasteiger partial charge in [0, 0.05) is 20.6 Å². The van der Waals surface area contributed by atoms with E-state index >= 15 is 0 Å². The highest BCUT2D eigenvalue weighted by molar-refractivity contribution is 5.89. The van der Waals surface area contributed by atoms with Gasteiger partial charge in [-0.1, -0.05) is 6.92 Å². The molecule has 154 valence electrons. The number of carbonyl (C=O) groups is 1. The molecule has 0 amide bonds. The molecule has 0 saturated carbocycles. The highest BCUT2D eigenvalue weighted by Crippen LogP contribution is 2.13. The normalized spacial score (nSPS) is 11.0. The highest BCUT2D eigenvalue weighted by Gasteiger charge is 2.15. The number of ether oxygens (including phenoxy) is 2. The molecule has 0 spiro atoms. The van der Waals surface area contributed by atoms with Crippen LogP contribution < -0.4 is 16.0 Å². The van der Waals surface area contributed by atoms with Crippen LogP contribution >= 0.6 is 0 Å². The van der Waals surface area contributed by atoms with Crippen molar-refractivity contribution in [2.24, 2.45) is 14.1 Å². The quantitative estimate of drug-likeness (QED) is 0.420. The molecule has 0 aliphatic carbocycles. The van der Waals surface area contributed by atoms with Gasteiger partial charge in [0.15, 0.2) is 11.2 Å². The molecule has 0 radical (unpaired) electrons. The van der Waals surface area contributed by atoms with E-state index in [1.807, 2.05) is 6.92 Å². The van der Waals surface area contributed by atoms with Gasteiger partial charge in [-0.15, -0.1) is 0 Å². The predicted molar refractivity (Wildman–Crippen MR) is 107 cm³/mol. The number of imidazole rings is 1. The van der Waals surface area contributed by atoms with Gasteiger partial charge in [0.05, 0.1) is 25.1 Å². The summed E-state index contributed by atoms with van der Waals surface area (Å²) < 4.78 is 14.8. The van der Waals surface area contributed by atoms with Gasteiger partial charge in [-0.3, -0.25) is 13.9 Å². The van der Waals surface area contributed by atoms with Crippen LogP contribution in [0.5, 0.6) is 5.75 Å². The molecule has 0 aliphatic rings. The first kappa shape index (κ1) is 20.4. The number of carbonyl (C=O) groups excluding carboxylic acids is 1. The monoisotopic (exact) mass is 400 g/mol. The van der Waals surface area contributed by atoms with Crippen molar-refractivity contribution in [1.82, 2.24) is 18.7 Å². The number of hydrogen-bond donors (Lipinski definition) is 0. The van der Waals surface area contributed by atoms with Crippen LogP contribution in [0.25, 0.3) is 11.2 Å². The second-order valence-corrected chi connectivity index (χ2v) is 6.69. The minimum atomic E-state index is -0.464. The van der Waals surface area contributed by atoms with Crippen molar-refractivity contribution in [3.8, 4) is 5.75 Å². The number of fused-ring (bicyclic) bond motifs is 1. The molecule has 0 saturated heterocycles. The van der Waals surface area contributed by atoms with Crippen molar-refractivity contribution in [3.63, 3.8) is 0 Å². The summed E-state index contributed by atoms with van der Waals surface area (Å²) in [5.74, 6) is 0.235. The van der Waals surface area contributed by atoms with Crippen molar-refractivity contribution in [2.75, 3.05) is 13.2 Å². The topological polar surface area (TPSA) is 97.3 Å². The standard InChI is InChI=1S/C20H24N4O5/c1-4-11-28-15-8-6-14(7-9-15)19(26)29-12-5-10-24-18(25)16-17(21-13-22(16)2)23(3)20(24)27/h6-9,13H,4-5,10-12H2,1-3H3. The predicted octanol–water partition coefficient (Wildman–Crippen LogP) is 1.47. The summed E-state index contributed by atoms with van der Waals surface area (Å²) in [7, 11) is 3.27. The number of hydrogen-bond acceptors (Lipinski definition) is 6. The van der Waals surface area contributed by atoms with Gasteiger partial charge >= 0.3 is 11.7 Å². The summed E-state index contributed by atoms with van der Waals surface area (Å²) in [6.45, 7) is 2.87. The average molecular weight is 400 g/mol. The van der Waals surface area contributed by atoms with Gasteiger partial charge in [-0.25, -0.2) is 14.6 Å². The summed E-state index contributed by atoms with van der Waals surface area (Å²) >= 11 is 0. The number of esters is 1. The number of aromatic nitrogens is 4. The maximum atomic E-state index is 12.6. The Morgan fingerprint density at radius 1 is 1.10 bits per heavy atom. The Labute approximate surface area is 167 Å². The fourth-order valence-corrected chi connectivity index (χ4v) is 2.97. The Bertz CT molecular complexity index is 1120. The third kappa shape index (κ3) is 4.23. The van der Waals surface area contributed by atoms with E-state index in [1.165, 1.54) is 10.9 Å². The molecule has 2 heterocycles. The number of rotatable bonds is 8. The van der Waals surface area contributed by atoms with Gasteiger partial charge in [-0.05, 0) is 37.1 Å². The average Bonchev–Trinajstić information content (AvgIpc) is 3.12. The van der Waals surface area contributed by atoms with E-state index in [1.54, 1.807) is 42.9 Å². The van der Waals surface area contributed by atoms with Crippen LogP contribution in [0.4, 0.5) is 0 Å². The summed E-state index contributed by atoms with van der Waals surface area (Å²) in [6, 6.07) is 6.73. The molecule has 9 nitrogen and oxygen atoms in total. The summed E-state index contributed by atoms with van der Waals surface area (Å²) in [5.41, 5.74) is 0.261. The van der Waals surface area contributed by atoms with E-state index in [9.17, 15) is 14.4 Å². The molecule has 29 heavy (non-hydrogen) atoms. The van der Waals surface area contributed by atoms with Gasteiger partial charge in [-0.2, -0.15) is 0 Å². The SMILES string of the molecule is CCCOc1ccc(C(=O)OCCCn2c(=O)c3c(ncn3C)n(C)c2=O)cc1. The van der Waals surface area contributed by atoms with Crippen LogP contribution in [0, 0.1) is 0 Å². The fraction of sp³-hybridized carbons (Fsp3) is 0.400. The minimum Gasteiger partial charge on any atom is -0.494 e. The molecule has 0 fully saturated rings. The third-order valence-corrected chi connectivity index (χ3v) is 4.52.